The molecule has 1 heterocycles. The molecule has 1 heteroatoms. The Bertz CT molecular complexity index is 549. The summed E-state index contributed by atoms with van der Waals surface area (Å²) in [7, 11) is 0. The summed E-state index contributed by atoms with van der Waals surface area (Å²) in [6.45, 7) is 7.22. The van der Waals surface area contributed by atoms with Gasteiger partial charge in [0.05, 0.1) is 0 Å². The van der Waals surface area contributed by atoms with Crippen LogP contribution in [-0.4, -0.2) is 0 Å². The second kappa shape index (κ2) is 3.92. The Hall–Kier alpha value is -1.76. The fraction of sp³-hybridized carbons (Fsp3) is 0.188. The Labute approximate surface area is 102 Å². The molecule has 0 saturated carbocycles. The molecule has 0 amide bonds. The maximum Gasteiger partial charge on any atom is 0.201 e. The van der Waals surface area contributed by atoms with Gasteiger partial charge >= 0.3 is 0 Å². The molecular formula is C16H14O. The first-order chi connectivity index (χ1) is 8.27. The van der Waals surface area contributed by atoms with Crippen LogP contribution in [0.2, 0.25) is 0 Å². The number of aryl methyl sites for hydroxylation is 2. The number of hydrogen-bond donors (Lipinski definition) is 0. The molecule has 2 aromatic carbocycles. The van der Waals surface area contributed by atoms with E-state index in [-0.39, 0.29) is 0 Å². The van der Waals surface area contributed by atoms with Crippen LogP contribution in [0, 0.1) is 20.5 Å². The summed E-state index contributed by atoms with van der Waals surface area (Å²) in [5, 5.41) is 0. The molecule has 0 atom stereocenters. The second-order valence-electron chi connectivity index (χ2n) is 4.48. The van der Waals surface area contributed by atoms with E-state index in [0.717, 1.165) is 12.2 Å². The van der Waals surface area contributed by atoms with Gasteiger partial charge in [-0.1, -0.05) is 36.4 Å². The lowest BCUT2D eigenvalue weighted by Gasteiger charge is -2.13. The summed E-state index contributed by atoms with van der Waals surface area (Å²) in [5.41, 5.74) is 6.27. The minimum Gasteiger partial charge on any atom is -0.477 e. The standard InChI is InChI=1S/C16H14O/c1-11-5-3-6-12(2)15(11)14-8-4-7-13-9-10-17-16(13)14/h3-8H,9H2,1-2H3. The molecular weight excluding hydrogens is 208 g/mol. The molecule has 0 fully saturated rings. The van der Waals surface area contributed by atoms with Crippen molar-refractivity contribution in [3.8, 4) is 16.9 Å². The first-order valence-electron chi connectivity index (χ1n) is 5.85. The van der Waals surface area contributed by atoms with E-state index in [2.05, 4.69) is 56.9 Å². The number of hydrogen-bond acceptors (Lipinski definition) is 1. The van der Waals surface area contributed by atoms with E-state index in [9.17, 15) is 0 Å². The van der Waals surface area contributed by atoms with Crippen LogP contribution in [0.25, 0.3) is 11.1 Å². The van der Waals surface area contributed by atoms with Crippen LogP contribution in [0.1, 0.15) is 16.7 Å². The molecule has 0 bridgehead atoms. The van der Waals surface area contributed by atoms with Gasteiger partial charge in [0.2, 0.25) is 6.61 Å². The molecule has 0 aliphatic carbocycles. The summed E-state index contributed by atoms with van der Waals surface area (Å²) < 4.78 is 5.54. The van der Waals surface area contributed by atoms with E-state index in [0.29, 0.717) is 0 Å². The Morgan fingerprint density at radius 1 is 1.00 bits per heavy atom. The highest BCUT2D eigenvalue weighted by Gasteiger charge is 2.19. The third-order valence-electron chi connectivity index (χ3n) is 3.28. The lowest BCUT2D eigenvalue weighted by Crippen LogP contribution is -1.91. The number of ether oxygens (including phenoxy) is 1. The third-order valence-corrected chi connectivity index (χ3v) is 3.28. The Kier molecular flexibility index (Phi) is 2.40. The summed E-state index contributed by atoms with van der Waals surface area (Å²) in [5.74, 6) is 0.977. The van der Waals surface area contributed by atoms with Gasteiger partial charge in [0.1, 0.15) is 5.75 Å². The van der Waals surface area contributed by atoms with Crippen molar-refractivity contribution in [1.29, 1.82) is 0 Å². The fourth-order valence-electron chi connectivity index (χ4n) is 2.47. The SMILES string of the molecule is Cc1cccc(C)c1-c1cccc2c1O[C]C2. The molecule has 17 heavy (non-hydrogen) atoms. The zero-order valence-corrected chi connectivity index (χ0v) is 10.1. The Morgan fingerprint density at radius 2 is 1.71 bits per heavy atom. The molecule has 0 spiro atoms. The number of rotatable bonds is 1. The van der Waals surface area contributed by atoms with E-state index >= 15 is 0 Å². The van der Waals surface area contributed by atoms with Gasteiger partial charge in [0.25, 0.3) is 0 Å². The maximum atomic E-state index is 5.54. The van der Waals surface area contributed by atoms with Gasteiger partial charge in [-0.25, -0.2) is 0 Å². The lowest BCUT2D eigenvalue weighted by molar-refractivity contribution is 0.436. The van der Waals surface area contributed by atoms with Crippen molar-refractivity contribution in [2.24, 2.45) is 0 Å². The van der Waals surface area contributed by atoms with Crippen molar-refractivity contribution in [3.05, 3.63) is 59.7 Å². The van der Waals surface area contributed by atoms with Crippen LogP contribution < -0.4 is 4.74 Å². The van der Waals surface area contributed by atoms with Gasteiger partial charge in [-0.2, -0.15) is 0 Å². The average molecular weight is 222 g/mol. The smallest absolute Gasteiger partial charge is 0.201 e. The van der Waals surface area contributed by atoms with Gasteiger partial charge in [0.15, 0.2) is 0 Å². The summed E-state index contributed by atoms with van der Waals surface area (Å²) in [6, 6.07) is 12.7. The van der Waals surface area contributed by atoms with E-state index < -0.39 is 0 Å². The molecule has 2 aromatic rings. The molecule has 0 saturated heterocycles. The van der Waals surface area contributed by atoms with Crippen LogP contribution in [-0.2, 0) is 6.42 Å². The normalized spacial score (nSPS) is 13.3. The topological polar surface area (TPSA) is 9.23 Å². The molecule has 1 aliphatic heterocycles. The summed E-state index contributed by atoms with van der Waals surface area (Å²) in [6.07, 6.45) is 0.786. The van der Waals surface area contributed by atoms with E-state index in [4.69, 9.17) is 4.74 Å². The molecule has 2 radical (unpaired) electrons. The molecule has 3 rings (SSSR count). The Morgan fingerprint density at radius 3 is 2.47 bits per heavy atom. The summed E-state index contributed by atoms with van der Waals surface area (Å²) >= 11 is 0. The second-order valence-corrected chi connectivity index (χ2v) is 4.48. The van der Waals surface area contributed by atoms with Gasteiger partial charge in [0, 0.05) is 12.0 Å². The minimum atomic E-state index is 0.786. The van der Waals surface area contributed by atoms with Crippen molar-refractivity contribution in [2.75, 3.05) is 0 Å². The van der Waals surface area contributed by atoms with Crippen molar-refractivity contribution >= 4 is 0 Å². The zero-order chi connectivity index (χ0) is 11.8. The lowest BCUT2D eigenvalue weighted by atomic mass is 9.94. The highest BCUT2D eigenvalue weighted by Crippen LogP contribution is 2.40. The third kappa shape index (κ3) is 1.62. The number of fused-ring (bicyclic) bond motifs is 1. The molecule has 1 aliphatic rings. The van der Waals surface area contributed by atoms with E-state index in [1.165, 1.54) is 27.8 Å². The van der Waals surface area contributed by atoms with Crippen molar-refractivity contribution in [3.63, 3.8) is 0 Å². The first kappa shape index (κ1) is 10.4. The van der Waals surface area contributed by atoms with Crippen LogP contribution in [0.15, 0.2) is 36.4 Å². The van der Waals surface area contributed by atoms with Crippen LogP contribution >= 0.6 is 0 Å². The quantitative estimate of drug-likeness (QED) is 0.710. The van der Waals surface area contributed by atoms with Gasteiger partial charge in [-0.05, 0) is 36.1 Å². The monoisotopic (exact) mass is 222 g/mol. The molecule has 0 unspecified atom stereocenters. The predicted octanol–water partition coefficient (Wildman–Crippen LogP) is 3.94. The zero-order valence-electron chi connectivity index (χ0n) is 10.1. The predicted molar refractivity (Wildman–Crippen MR) is 68.9 cm³/mol. The van der Waals surface area contributed by atoms with Gasteiger partial charge in [-0.3, -0.25) is 0 Å². The summed E-state index contributed by atoms with van der Waals surface area (Å²) in [4.78, 5) is 0. The van der Waals surface area contributed by atoms with E-state index in [1.807, 2.05) is 0 Å². The van der Waals surface area contributed by atoms with E-state index in [1.54, 1.807) is 0 Å². The molecule has 1 nitrogen and oxygen atoms in total. The van der Waals surface area contributed by atoms with Crippen LogP contribution in [0.3, 0.4) is 0 Å². The minimum absolute atomic E-state index is 0.786. The maximum absolute atomic E-state index is 5.54. The Balaban J connectivity index is 2.26. The highest BCUT2D eigenvalue weighted by molar-refractivity contribution is 5.78. The van der Waals surface area contributed by atoms with Crippen molar-refractivity contribution in [2.45, 2.75) is 20.3 Å². The number of para-hydroxylation sites is 1. The van der Waals surface area contributed by atoms with Gasteiger partial charge in [-0.15, -0.1) is 0 Å². The number of benzene rings is 2. The molecule has 0 aromatic heterocycles. The molecule has 84 valence electrons. The van der Waals surface area contributed by atoms with Gasteiger partial charge < -0.3 is 4.74 Å². The van der Waals surface area contributed by atoms with Crippen LogP contribution in [0.5, 0.6) is 5.75 Å². The van der Waals surface area contributed by atoms with Crippen LogP contribution in [0.4, 0.5) is 0 Å². The average Bonchev–Trinajstić information content (AvgIpc) is 2.77. The van der Waals surface area contributed by atoms with Crippen molar-refractivity contribution in [1.82, 2.24) is 0 Å². The highest BCUT2D eigenvalue weighted by atomic mass is 16.5. The van der Waals surface area contributed by atoms with Crippen molar-refractivity contribution < 1.29 is 4.74 Å². The largest absolute Gasteiger partial charge is 0.477 e. The fourth-order valence-corrected chi connectivity index (χ4v) is 2.47. The first-order valence-corrected chi connectivity index (χ1v) is 5.85. The molecule has 0 N–H and O–H groups in total.